The number of thiophene rings is 1. The van der Waals surface area contributed by atoms with Crippen LogP contribution in [-0.2, 0) is 4.79 Å². The van der Waals surface area contributed by atoms with E-state index >= 15 is 0 Å². The van der Waals surface area contributed by atoms with Gasteiger partial charge < -0.3 is 5.11 Å². The Hall–Kier alpha value is -0.480. The van der Waals surface area contributed by atoms with Crippen molar-refractivity contribution in [2.45, 2.75) is 42.1 Å². The van der Waals surface area contributed by atoms with Crippen molar-refractivity contribution in [3.05, 3.63) is 17.5 Å². The number of hydrogen-bond donors (Lipinski definition) is 1. The van der Waals surface area contributed by atoms with Crippen molar-refractivity contribution < 1.29 is 9.90 Å². The van der Waals surface area contributed by atoms with E-state index in [-0.39, 0.29) is 11.2 Å². The van der Waals surface area contributed by atoms with Gasteiger partial charge in [0.05, 0.1) is 10.1 Å². The largest absolute Gasteiger partial charge is 0.481 e. The van der Waals surface area contributed by atoms with Crippen molar-refractivity contribution in [3.63, 3.8) is 0 Å². The van der Waals surface area contributed by atoms with Crippen LogP contribution in [0.25, 0.3) is 0 Å². The highest BCUT2D eigenvalue weighted by molar-refractivity contribution is 8.01. The van der Waals surface area contributed by atoms with Gasteiger partial charge >= 0.3 is 5.97 Å². The van der Waals surface area contributed by atoms with Gasteiger partial charge in [0, 0.05) is 5.25 Å². The maximum absolute atomic E-state index is 11.3. The Morgan fingerprint density at radius 1 is 1.59 bits per heavy atom. The van der Waals surface area contributed by atoms with Crippen molar-refractivity contribution in [3.8, 4) is 0 Å². The predicted molar refractivity (Wildman–Crippen MR) is 72.7 cm³/mol. The maximum atomic E-state index is 11.3. The number of carboxylic acid groups (broad SMARTS) is 1. The first-order valence-corrected chi connectivity index (χ1v) is 7.89. The van der Waals surface area contributed by atoms with Crippen LogP contribution in [0.1, 0.15) is 32.6 Å². The quantitative estimate of drug-likeness (QED) is 0.894. The molecule has 1 aliphatic carbocycles. The summed E-state index contributed by atoms with van der Waals surface area (Å²) >= 11 is 3.47. The molecule has 17 heavy (non-hydrogen) atoms. The van der Waals surface area contributed by atoms with Gasteiger partial charge in [-0.2, -0.15) is 0 Å². The van der Waals surface area contributed by atoms with E-state index in [1.54, 1.807) is 23.1 Å². The standard InChI is InChI=1S/C13H18O2S2/c1-2-9-5-6-10(13(14)15)11(8-9)17-12-4-3-7-16-12/h3-4,7,9-11H,2,5-6,8H2,1H3,(H,14,15). The zero-order chi connectivity index (χ0) is 12.3. The van der Waals surface area contributed by atoms with Crippen LogP contribution in [0.3, 0.4) is 0 Å². The SMILES string of the molecule is CCC1CCC(C(=O)O)C(Sc2cccs2)C1. The molecule has 0 spiro atoms. The van der Waals surface area contributed by atoms with Gasteiger partial charge in [-0.1, -0.05) is 19.4 Å². The zero-order valence-electron chi connectivity index (χ0n) is 9.96. The van der Waals surface area contributed by atoms with Crippen LogP contribution in [0.2, 0.25) is 0 Å². The molecule has 3 unspecified atom stereocenters. The highest BCUT2D eigenvalue weighted by Crippen LogP contribution is 2.42. The van der Waals surface area contributed by atoms with E-state index in [1.165, 1.54) is 10.6 Å². The summed E-state index contributed by atoms with van der Waals surface area (Å²) < 4.78 is 1.25. The van der Waals surface area contributed by atoms with E-state index in [4.69, 9.17) is 0 Å². The molecule has 1 heterocycles. The summed E-state index contributed by atoms with van der Waals surface area (Å²) in [5, 5.41) is 11.6. The van der Waals surface area contributed by atoms with Crippen LogP contribution in [0.5, 0.6) is 0 Å². The second kappa shape index (κ2) is 5.91. The lowest BCUT2D eigenvalue weighted by Gasteiger charge is -2.32. The monoisotopic (exact) mass is 270 g/mol. The molecular weight excluding hydrogens is 252 g/mol. The van der Waals surface area contributed by atoms with Crippen LogP contribution in [0.4, 0.5) is 0 Å². The molecule has 1 aromatic rings. The lowest BCUT2D eigenvalue weighted by molar-refractivity contribution is -0.142. The number of carbonyl (C=O) groups is 1. The minimum atomic E-state index is -0.617. The highest BCUT2D eigenvalue weighted by Gasteiger charge is 2.35. The normalized spacial score (nSPS) is 29.1. The Morgan fingerprint density at radius 3 is 3.00 bits per heavy atom. The van der Waals surface area contributed by atoms with Crippen LogP contribution >= 0.6 is 23.1 Å². The summed E-state index contributed by atoms with van der Waals surface area (Å²) in [5.74, 6) is -0.0680. The molecule has 1 fully saturated rings. The summed E-state index contributed by atoms with van der Waals surface area (Å²) in [5.41, 5.74) is 0. The fourth-order valence-corrected chi connectivity index (χ4v) is 4.92. The van der Waals surface area contributed by atoms with Crippen LogP contribution in [-0.4, -0.2) is 16.3 Å². The molecule has 0 aromatic carbocycles. The number of carboxylic acids is 1. The van der Waals surface area contributed by atoms with Crippen LogP contribution in [0, 0.1) is 11.8 Å². The molecule has 1 N–H and O–H groups in total. The molecule has 4 heteroatoms. The molecule has 0 saturated heterocycles. The Morgan fingerprint density at radius 2 is 2.41 bits per heavy atom. The van der Waals surface area contributed by atoms with Gasteiger partial charge in [-0.3, -0.25) is 4.79 Å². The maximum Gasteiger partial charge on any atom is 0.307 e. The van der Waals surface area contributed by atoms with E-state index in [1.807, 2.05) is 6.07 Å². The molecule has 94 valence electrons. The number of aliphatic carboxylic acids is 1. The molecule has 3 atom stereocenters. The first-order valence-electron chi connectivity index (χ1n) is 6.13. The lowest BCUT2D eigenvalue weighted by atomic mass is 9.80. The highest BCUT2D eigenvalue weighted by atomic mass is 32.2. The second-order valence-corrected chi connectivity index (χ2v) is 7.11. The molecule has 1 saturated carbocycles. The van der Waals surface area contributed by atoms with Crippen LogP contribution in [0.15, 0.2) is 21.7 Å². The Labute approximate surface area is 110 Å². The average molecular weight is 270 g/mol. The van der Waals surface area contributed by atoms with Gasteiger partial charge in [-0.15, -0.1) is 23.1 Å². The second-order valence-electron chi connectivity index (χ2n) is 4.62. The predicted octanol–water partition coefficient (Wildman–Crippen LogP) is 4.12. The summed E-state index contributed by atoms with van der Waals surface area (Å²) in [4.78, 5) is 11.3. The Balaban J connectivity index is 2.05. The molecule has 1 aromatic heterocycles. The first kappa shape index (κ1) is 13.0. The molecule has 1 aliphatic rings. The van der Waals surface area contributed by atoms with Gasteiger partial charge in [-0.05, 0) is 36.6 Å². The Kier molecular flexibility index (Phi) is 4.51. The summed E-state index contributed by atoms with van der Waals surface area (Å²) in [7, 11) is 0. The lowest BCUT2D eigenvalue weighted by Crippen LogP contribution is -2.32. The minimum Gasteiger partial charge on any atom is -0.481 e. The van der Waals surface area contributed by atoms with Crippen molar-refractivity contribution in [1.29, 1.82) is 0 Å². The molecular formula is C13H18O2S2. The molecule has 0 bridgehead atoms. The molecule has 2 rings (SSSR count). The summed E-state index contributed by atoms with van der Waals surface area (Å²) in [6.45, 7) is 2.21. The third-order valence-corrected chi connectivity index (χ3v) is 5.99. The van der Waals surface area contributed by atoms with E-state index < -0.39 is 5.97 Å². The van der Waals surface area contributed by atoms with E-state index in [0.29, 0.717) is 5.92 Å². The molecule has 0 radical (unpaired) electrons. The topological polar surface area (TPSA) is 37.3 Å². The average Bonchev–Trinajstić information content (AvgIpc) is 2.81. The van der Waals surface area contributed by atoms with E-state index in [9.17, 15) is 9.90 Å². The number of thioether (sulfide) groups is 1. The third kappa shape index (κ3) is 3.26. The van der Waals surface area contributed by atoms with Crippen LogP contribution < -0.4 is 0 Å². The van der Waals surface area contributed by atoms with Gasteiger partial charge in [0.15, 0.2) is 0 Å². The van der Waals surface area contributed by atoms with Gasteiger partial charge in [-0.25, -0.2) is 0 Å². The van der Waals surface area contributed by atoms with E-state index in [0.717, 1.165) is 19.3 Å². The van der Waals surface area contributed by atoms with Gasteiger partial charge in [0.25, 0.3) is 0 Å². The summed E-state index contributed by atoms with van der Waals surface area (Å²) in [6.07, 6.45) is 4.15. The fourth-order valence-electron chi connectivity index (χ4n) is 2.48. The zero-order valence-corrected chi connectivity index (χ0v) is 11.6. The number of rotatable bonds is 4. The van der Waals surface area contributed by atoms with E-state index in [2.05, 4.69) is 18.4 Å². The molecule has 0 aliphatic heterocycles. The van der Waals surface area contributed by atoms with Crippen molar-refractivity contribution in [2.75, 3.05) is 0 Å². The molecule has 2 nitrogen and oxygen atoms in total. The van der Waals surface area contributed by atoms with Crippen molar-refractivity contribution in [2.24, 2.45) is 11.8 Å². The Bertz CT molecular complexity index is 362. The number of hydrogen-bond acceptors (Lipinski definition) is 3. The minimum absolute atomic E-state index is 0.162. The summed E-state index contributed by atoms with van der Waals surface area (Å²) in [6, 6.07) is 4.12. The molecule has 0 amide bonds. The fraction of sp³-hybridized carbons (Fsp3) is 0.615. The third-order valence-electron chi connectivity index (χ3n) is 3.56. The van der Waals surface area contributed by atoms with Crippen molar-refractivity contribution in [1.82, 2.24) is 0 Å². The smallest absolute Gasteiger partial charge is 0.307 e. The van der Waals surface area contributed by atoms with Gasteiger partial charge in [0.2, 0.25) is 0 Å². The van der Waals surface area contributed by atoms with Gasteiger partial charge in [0.1, 0.15) is 0 Å². The van der Waals surface area contributed by atoms with Crippen molar-refractivity contribution >= 4 is 29.1 Å². The first-order chi connectivity index (χ1) is 8.20.